The van der Waals surface area contributed by atoms with Gasteiger partial charge in [0.25, 0.3) is 0 Å². The molecule has 0 unspecified atom stereocenters. The highest BCUT2D eigenvalue weighted by molar-refractivity contribution is 7.80. The standard InChI is InChI=1S/C62H118O3S/c1-4-7-10-13-16-19-22-25-28-31-34-37-40-43-46-49-53-63-60-57-59(52-56-66)58-61(64-54-50-47-44-41-38-35-32-29-26-23-20-17-14-11-8-5-2)62(60)65-55-51-48-45-42-39-36-33-30-27-24-21-18-15-12-9-6-3/h57-58,66H,4-56H2,1-3H3. The zero-order valence-electron chi connectivity index (χ0n) is 45.3. The van der Waals surface area contributed by atoms with E-state index in [-0.39, 0.29) is 0 Å². The number of hydrogen-bond acceptors (Lipinski definition) is 4. The normalized spacial score (nSPS) is 11.5. The topological polar surface area (TPSA) is 27.7 Å². The van der Waals surface area contributed by atoms with Crippen molar-refractivity contribution in [1.82, 2.24) is 0 Å². The molecule has 0 aliphatic rings. The first-order chi connectivity index (χ1) is 32.8. The molecule has 0 radical (unpaired) electrons. The average Bonchev–Trinajstić information content (AvgIpc) is 3.32. The summed E-state index contributed by atoms with van der Waals surface area (Å²) < 4.78 is 19.8. The Morgan fingerprint density at radius 3 is 0.682 bits per heavy atom. The zero-order chi connectivity index (χ0) is 47.3. The number of ether oxygens (including phenoxy) is 3. The van der Waals surface area contributed by atoms with Crippen LogP contribution in [0.25, 0.3) is 0 Å². The van der Waals surface area contributed by atoms with E-state index in [2.05, 4.69) is 45.5 Å². The molecule has 0 fully saturated rings. The largest absolute Gasteiger partial charge is 0.490 e. The summed E-state index contributed by atoms with van der Waals surface area (Å²) in [5.41, 5.74) is 1.24. The summed E-state index contributed by atoms with van der Waals surface area (Å²) >= 11 is 4.60. The van der Waals surface area contributed by atoms with Crippen LogP contribution in [-0.2, 0) is 6.42 Å². The van der Waals surface area contributed by atoms with Gasteiger partial charge in [-0.2, -0.15) is 12.6 Å². The van der Waals surface area contributed by atoms with Crippen molar-refractivity contribution in [3.05, 3.63) is 17.7 Å². The average molecular weight is 944 g/mol. The highest BCUT2D eigenvalue weighted by atomic mass is 32.1. The molecule has 0 aliphatic carbocycles. The van der Waals surface area contributed by atoms with Gasteiger partial charge in [0.05, 0.1) is 19.8 Å². The molecule has 390 valence electrons. The van der Waals surface area contributed by atoms with Crippen molar-refractivity contribution in [2.45, 2.75) is 335 Å². The molecule has 0 amide bonds. The van der Waals surface area contributed by atoms with E-state index in [1.165, 1.54) is 295 Å². The van der Waals surface area contributed by atoms with E-state index >= 15 is 0 Å². The lowest BCUT2D eigenvalue weighted by Gasteiger charge is -2.19. The molecule has 0 spiro atoms. The van der Waals surface area contributed by atoms with E-state index in [0.29, 0.717) is 0 Å². The van der Waals surface area contributed by atoms with Crippen LogP contribution >= 0.6 is 12.6 Å². The molecule has 0 aromatic heterocycles. The van der Waals surface area contributed by atoms with Crippen LogP contribution in [0.3, 0.4) is 0 Å². The number of hydrogen-bond donors (Lipinski definition) is 1. The monoisotopic (exact) mass is 943 g/mol. The molecule has 0 heterocycles. The second-order valence-corrected chi connectivity index (χ2v) is 21.3. The molecular weight excluding hydrogens is 825 g/mol. The van der Waals surface area contributed by atoms with Crippen LogP contribution in [0.5, 0.6) is 17.2 Å². The van der Waals surface area contributed by atoms with E-state index < -0.39 is 0 Å². The van der Waals surface area contributed by atoms with E-state index in [0.717, 1.165) is 68.5 Å². The van der Waals surface area contributed by atoms with Gasteiger partial charge in [-0.15, -0.1) is 0 Å². The first-order valence-corrected chi connectivity index (χ1v) is 31.1. The first kappa shape index (κ1) is 63.0. The minimum atomic E-state index is 0.731. The lowest BCUT2D eigenvalue weighted by Crippen LogP contribution is -2.07. The van der Waals surface area contributed by atoms with Crippen LogP contribution in [0.1, 0.15) is 335 Å². The summed E-state index contributed by atoms with van der Waals surface area (Å²) in [5, 5.41) is 0. The summed E-state index contributed by atoms with van der Waals surface area (Å²) in [6, 6.07) is 4.43. The smallest absolute Gasteiger partial charge is 0.203 e. The van der Waals surface area contributed by atoms with Gasteiger partial charge in [-0.05, 0) is 49.1 Å². The number of aryl methyl sites for hydroxylation is 1. The van der Waals surface area contributed by atoms with Crippen molar-refractivity contribution in [2.75, 3.05) is 25.6 Å². The van der Waals surface area contributed by atoms with Gasteiger partial charge in [0.15, 0.2) is 11.5 Å². The van der Waals surface area contributed by atoms with Crippen molar-refractivity contribution in [3.8, 4) is 17.2 Å². The molecule has 66 heavy (non-hydrogen) atoms. The Labute approximate surface area is 420 Å². The molecule has 0 N–H and O–H groups in total. The van der Waals surface area contributed by atoms with Gasteiger partial charge in [-0.25, -0.2) is 0 Å². The summed E-state index contributed by atoms with van der Waals surface area (Å²) in [6.45, 7) is 9.15. The Balaban J connectivity index is 2.45. The fourth-order valence-corrected chi connectivity index (χ4v) is 10.0. The quantitative estimate of drug-likeness (QED) is 0.0521. The van der Waals surface area contributed by atoms with Crippen LogP contribution in [0.2, 0.25) is 0 Å². The summed E-state index contributed by atoms with van der Waals surface area (Å²) in [7, 11) is 0. The van der Waals surface area contributed by atoms with E-state index in [1.807, 2.05) is 0 Å². The SMILES string of the molecule is CCCCCCCCCCCCCCCCCCOc1cc(CCS)cc(OCCCCCCCCCCCCCCCCCC)c1OCCCCCCCCCCCCCCCCCC. The number of rotatable bonds is 56. The lowest BCUT2D eigenvalue weighted by atomic mass is 10.0. The Morgan fingerprint density at radius 2 is 0.470 bits per heavy atom. The third-order valence-electron chi connectivity index (χ3n) is 14.2. The van der Waals surface area contributed by atoms with Gasteiger partial charge in [-0.1, -0.05) is 310 Å². The van der Waals surface area contributed by atoms with Gasteiger partial charge in [-0.3, -0.25) is 0 Å². The third-order valence-corrected chi connectivity index (χ3v) is 14.5. The number of benzene rings is 1. The van der Waals surface area contributed by atoms with Gasteiger partial charge >= 0.3 is 0 Å². The molecule has 1 aromatic carbocycles. The van der Waals surface area contributed by atoms with Crippen LogP contribution in [-0.4, -0.2) is 25.6 Å². The summed E-state index contributed by atoms with van der Waals surface area (Å²) in [6.07, 6.45) is 67.3. The van der Waals surface area contributed by atoms with Crippen molar-refractivity contribution < 1.29 is 14.2 Å². The van der Waals surface area contributed by atoms with Crippen LogP contribution < -0.4 is 14.2 Å². The molecule has 0 saturated heterocycles. The predicted octanol–water partition coefficient (Wildman–Crippen LogP) is 22.1. The second-order valence-electron chi connectivity index (χ2n) is 20.9. The minimum Gasteiger partial charge on any atom is -0.490 e. The van der Waals surface area contributed by atoms with Gasteiger partial charge < -0.3 is 14.2 Å². The Hall–Kier alpha value is -1.03. The Morgan fingerprint density at radius 1 is 0.273 bits per heavy atom. The van der Waals surface area contributed by atoms with Crippen LogP contribution in [0.15, 0.2) is 12.1 Å². The minimum absolute atomic E-state index is 0.731. The number of unbranched alkanes of at least 4 members (excludes halogenated alkanes) is 45. The molecule has 1 rings (SSSR count). The molecule has 0 aliphatic heterocycles. The Bertz CT molecular complexity index is 1020. The number of thiol groups is 1. The first-order valence-electron chi connectivity index (χ1n) is 30.4. The van der Waals surface area contributed by atoms with Crippen LogP contribution in [0.4, 0.5) is 0 Å². The van der Waals surface area contributed by atoms with E-state index in [9.17, 15) is 0 Å². The van der Waals surface area contributed by atoms with Crippen molar-refractivity contribution >= 4 is 12.6 Å². The third kappa shape index (κ3) is 43.0. The van der Waals surface area contributed by atoms with Crippen LogP contribution in [0, 0.1) is 0 Å². The van der Waals surface area contributed by atoms with Crippen molar-refractivity contribution in [1.29, 1.82) is 0 Å². The summed E-state index contributed by atoms with van der Waals surface area (Å²) in [4.78, 5) is 0. The predicted molar refractivity (Wildman–Crippen MR) is 299 cm³/mol. The highest BCUT2D eigenvalue weighted by Crippen LogP contribution is 2.40. The van der Waals surface area contributed by atoms with E-state index in [1.54, 1.807) is 0 Å². The lowest BCUT2D eigenvalue weighted by molar-refractivity contribution is 0.234. The van der Waals surface area contributed by atoms with E-state index in [4.69, 9.17) is 14.2 Å². The molecule has 4 heteroatoms. The Kier molecular flexibility index (Phi) is 50.9. The summed E-state index contributed by atoms with van der Waals surface area (Å²) in [5.74, 6) is 3.42. The molecule has 0 saturated carbocycles. The fourth-order valence-electron chi connectivity index (χ4n) is 9.75. The van der Waals surface area contributed by atoms with Crippen molar-refractivity contribution in [2.24, 2.45) is 0 Å². The second kappa shape index (κ2) is 53.3. The zero-order valence-corrected chi connectivity index (χ0v) is 46.2. The molecule has 3 nitrogen and oxygen atoms in total. The molecule has 1 aromatic rings. The maximum Gasteiger partial charge on any atom is 0.203 e. The molecule has 0 atom stereocenters. The maximum absolute atomic E-state index is 6.62. The van der Waals surface area contributed by atoms with Gasteiger partial charge in [0.1, 0.15) is 0 Å². The van der Waals surface area contributed by atoms with Crippen molar-refractivity contribution in [3.63, 3.8) is 0 Å². The maximum atomic E-state index is 6.62. The highest BCUT2D eigenvalue weighted by Gasteiger charge is 2.16. The molecular formula is C62H118O3S. The molecule has 0 bridgehead atoms. The van der Waals surface area contributed by atoms with Gasteiger partial charge in [0.2, 0.25) is 5.75 Å². The van der Waals surface area contributed by atoms with Gasteiger partial charge in [0, 0.05) is 0 Å². The fraction of sp³-hybridized carbons (Fsp3) is 0.903.